The Labute approximate surface area is 236 Å². The summed E-state index contributed by atoms with van der Waals surface area (Å²) in [6.45, 7) is 4.52. The van der Waals surface area contributed by atoms with Crippen LogP contribution in [-0.2, 0) is 6.42 Å². The standard InChI is InChI=1S/C36H25N3S/c1-21-18-28-25-13-7-6-12-24(25)19-29(28)33(22(21)2)35-27(23-10-4-3-5-11-23)20-32-34(26-14-8-9-15-31(26)40-32)36(35)30-16-17-37-39-38-30/h3-18,20H,19H2,1-2H3. The Hall–Kier alpha value is -4.67. The first-order chi connectivity index (χ1) is 19.7. The predicted molar refractivity (Wildman–Crippen MR) is 167 cm³/mol. The van der Waals surface area contributed by atoms with Gasteiger partial charge in [-0.15, -0.1) is 21.5 Å². The highest BCUT2D eigenvalue weighted by atomic mass is 32.1. The molecular weight excluding hydrogens is 506 g/mol. The molecule has 0 radical (unpaired) electrons. The summed E-state index contributed by atoms with van der Waals surface area (Å²) in [6, 6.07) is 35.1. The van der Waals surface area contributed by atoms with Gasteiger partial charge in [0.2, 0.25) is 0 Å². The molecule has 0 atom stereocenters. The van der Waals surface area contributed by atoms with Crippen molar-refractivity contribution in [1.29, 1.82) is 0 Å². The van der Waals surface area contributed by atoms with Crippen molar-refractivity contribution in [3.8, 4) is 44.6 Å². The fourth-order valence-corrected chi connectivity index (χ4v) is 7.64. The van der Waals surface area contributed by atoms with Crippen LogP contribution in [0.4, 0.5) is 0 Å². The van der Waals surface area contributed by atoms with Crippen LogP contribution in [0.2, 0.25) is 0 Å². The molecule has 0 aliphatic heterocycles. The number of hydrogen-bond acceptors (Lipinski definition) is 4. The van der Waals surface area contributed by atoms with Crippen LogP contribution in [0.25, 0.3) is 64.8 Å². The van der Waals surface area contributed by atoms with Gasteiger partial charge in [0, 0.05) is 31.3 Å². The Morgan fingerprint density at radius 2 is 1.48 bits per heavy atom. The zero-order chi connectivity index (χ0) is 26.8. The van der Waals surface area contributed by atoms with Gasteiger partial charge in [0.05, 0.1) is 11.9 Å². The zero-order valence-electron chi connectivity index (χ0n) is 22.3. The predicted octanol–water partition coefficient (Wildman–Crippen LogP) is 9.43. The van der Waals surface area contributed by atoms with Gasteiger partial charge in [-0.3, -0.25) is 0 Å². The lowest BCUT2D eigenvalue weighted by atomic mass is 9.81. The second-order valence-electron chi connectivity index (χ2n) is 10.6. The van der Waals surface area contributed by atoms with Crippen molar-refractivity contribution in [3.05, 3.63) is 126 Å². The smallest absolute Gasteiger partial charge is 0.0976 e. The molecule has 0 bridgehead atoms. The molecule has 40 heavy (non-hydrogen) atoms. The topological polar surface area (TPSA) is 38.7 Å². The third-order valence-electron chi connectivity index (χ3n) is 8.39. The van der Waals surface area contributed by atoms with Crippen molar-refractivity contribution in [2.45, 2.75) is 20.3 Å². The van der Waals surface area contributed by atoms with E-state index in [2.05, 4.69) is 120 Å². The Morgan fingerprint density at radius 1 is 0.675 bits per heavy atom. The first kappa shape index (κ1) is 23.2. The van der Waals surface area contributed by atoms with Crippen molar-refractivity contribution < 1.29 is 0 Å². The van der Waals surface area contributed by atoms with Crippen LogP contribution < -0.4 is 0 Å². The molecule has 2 heterocycles. The van der Waals surface area contributed by atoms with Crippen molar-refractivity contribution in [3.63, 3.8) is 0 Å². The molecule has 8 rings (SSSR count). The summed E-state index contributed by atoms with van der Waals surface area (Å²) in [4.78, 5) is 0. The molecular formula is C36H25N3S. The quantitative estimate of drug-likeness (QED) is 0.228. The van der Waals surface area contributed by atoms with E-state index >= 15 is 0 Å². The first-order valence-corrected chi connectivity index (χ1v) is 14.4. The Kier molecular flexibility index (Phi) is 5.19. The number of aromatic nitrogens is 3. The van der Waals surface area contributed by atoms with E-state index in [1.165, 1.54) is 75.8 Å². The fraction of sp³-hybridized carbons (Fsp3) is 0.0833. The summed E-state index contributed by atoms with van der Waals surface area (Å²) in [5.41, 5.74) is 15.0. The zero-order valence-corrected chi connectivity index (χ0v) is 23.1. The average molecular weight is 532 g/mol. The SMILES string of the molecule is Cc1cc2c(c(-c3c(-c4ccccc4)cc4sc5ccccc5c4c3-c3ccnnn3)c1C)Cc1ccccc1-2. The summed E-state index contributed by atoms with van der Waals surface area (Å²) < 4.78 is 2.53. The number of aryl methyl sites for hydroxylation is 1. The summed E-state index contributed by atoms with van der Waals surface area (Å²) in [7, 11) is 0. The minimum atomic E-state index is 0.849. The van der Waals surface area contributed by atoms with Crippen LogP contribution >= 0.6 is 11.3 Å². The van der Waals surface area contributed by atoms with Crippen molar-refractivity contribution >= 4 is 31.5 Å². The summed E-state index contributed by atoms with van der Waals surface area (Å²) >= 11 is 1.84. The molecule has 0 saturated carbocycles. The monoisotopic (exact) mass is 531 g/mol. The molecule has 190 valence electrons. The van der Waals surface area contributed by atoms with Gasteiger partial charge in [0.15, 0.2) is 0 Å². The first-order valence-electron chi connectivity index (χ1n) is 13.6. The van der Waals surface area contributed by atoms with Crippen LogP contribution in [0.3, 0.4) is 0 Å². The molecule has 0 unspecified atom stereocenters. The van der Waals surface area contributed by atoms with Gasteiger partial charge >= 0.3 is 0 Å². The van der Waals surface area contributed by atoms with Gasteiger partial charge < -0.3 is 0 Å². The molecule has 3 nitrogen and oxygen atoms in total. The van der Waals surface area contributed by atoms with E-state index in [0.717, 1.165) is 17.7 Å². The second kappa shape index (κ2) is 8.94. The van der Waals surface area contributed by atoms with Gasteiger partial charge in [0.25, 0.3) is 0 Å². The lowest BCUT2D eigenvalue weighted by Crippen LogP contribution is -2.01. The van der Waals surface area contributed by atoms with Crippen LogP contribution in [0.5, 0.6) is 0 Å². The maximum absolute atomic E-state index is 4.64. The van der Waals surface area contributed by atoms with Crippen LogP contribution in [0, 0.1) is 13.8 Å². The van der Waals surface area contributed by atoms with Gasteiger partial charge in [-0.2, -0.15) is 0 Å². The highest BCUT2D eigenvalue weighted by molar-refractivity contribution is 7.26. The van der Waals surface area contributed by atoms with E-state index in [4.69, 9.17) is 0 Å². The molecule has 4 heteroatoms. The maximum Gasteiger partial charge on any atom is 0.0976 e. The number of nitrogens with zero attached hydrogens (tertiary/aromatic N) is 3. The van der Waals surface area contributed by atoms with E-state index in [0.29, 0.717) is 0 Å². The molecule has 0 amide bonds. The normalized spacial score (nSPS) is 12.2. The number of hydrogen-bond donors (Lipinski definition) is 0. The Bertz CT molecular complexity index is 2090. The maximum atomic E-state index is 4.64. The highest BCUT2D eigenvalue weighted by Crippen LogP contribution is 2.53. The highest BCUT2D eigenvalue weighted by Gasteiger charge is 2.29. The van der Waals surface area contributed by atoms with Gasteiger partial charge in [-0.25, -0.2) is 0 Å². The van der Waals surface area contributed by atoms with Gasteiger partial charge in [-0.1, -0.05) is 78.9 Å². The van der Waals surface area contributed by atoms with Crippen LogP contribution in [0.15, 0.2) is 103 Å². The molecule has 2 aromatic heterocycles. The number of rotatable bonds is 3. The molecule has 1 aliphatic carbocycles. The lowest BCUT2D eigenvalue weighted by Gasteiger charge is -2.23. The molecule has 0 fully saturated rings. The van der Waals surface area contributed by atoms with Gasteiger partial charge in [-0.05, 0) is 93.8 Å². The summed E-state index contributed by atoms with van der Waals surface area (Å²) in [5.74, 6) is 0. The van der Waals surface area contributed by atoms with Crippen molar-refractivity contribution in [2.24, 2.45) is 0 Å². The number of thiophene rings is 1. The Balaban J connectivity index is 1.61. The molecule has 1 aliphatic rings. The molecule has 0 N–H and O–H groups in total. The van der Waals surface area contributed by atoms with Crippen LogP contribution in [0.1, 0.15) is 22.3 Å². The van der Waals surface area contributed by atoms with E-state index < -0.39 is 0 Å². The summed E-state index contributed by atoms with van der Waals surface area (Å²) in [5, 5.41) is 15.3. The van der Waals surface area contributed by atoms with Crippen LogP contribution in [-0.4, -0.2) is 15.4 Å². The van der Waals surface area contributed by atoms with Crippen molar-refractivity contribution in [2.75, 3.05) is 0 Å². The molecule has 5 aromatic carbocycles. The number of benzene rings is 5. The van der Waals surface area contributed by atoms with E-state index in [-0.39, 0.29) is 0 Å². The summed E-state index contributed by atoms with van der Waals surface area (Å²) in [6.07, 6.45) is 2.67. The number of fused-ring (bicyclic) bond motifs is 6. The van der Waals surface area contributed by atoms with Gasteiger partial charge in [0.1, 0.15) is 0 Å². The molecule has 0 spiro atoms. The second-order valence-corrected chi connectivity index (χ2v) is 11.7. The molecule has 7 aromatic rings. The minimum Gasteiger partial charge on any atom is -0.139 e. The van der Waals surface area contributed by atoms with Crippen molar-refractivity contribution in [1.82, 2.24) is 15.4 Å². The third-order valence-corrected chi connectivity index (χ3v) is 9.51. The average Bonchev–Trinajstić information content (AvgIpc) is 3.56. The van der Waals surface area contributed by atoms with E-state index in [1.54, 1.807) is 6.20 Å². The lowest BCUT2D eigenvalue weighted by molar-refractivity contribution is 0.871. The minimum absolute atomic E-state index is 0.849. The van der Waals surface area contributed by atoms with E-state index in [1.807, 2.05) is 17.4 Å². The largest absolute Gasteiger partial charge is 0.139 e. The van der Waals surface area contributed by atoms with E-state index in [9.17, 15) is 0 Å². The Morgan fingerprint density at radius 3 is 2.33 bits per heavy atom. The fourth-order valence-electron chi connectivity index (χ4n) is 6.48. The third kappa shape index (κ3) is 3.39. The molecule has 0 saturated heterocycles.